The fourth-order valence-electron chi connectivity index (χ4n) is 2.97. The zero-order valence-corrected chi connectivity index (χ0v) is 19.2. The number of nitrogens with one attached hydrogen (secondary N) is 2. The number of rotatable bonds is 8. The summed E-state index contributed by atoms with van der Waals surface area (Å²) in [6.07, 6.45) is 0.101. The lowest BCUT2D eigenvalue weighted by Gasteiger charge is -2.10. The van der Waals surface area contributed by atoms with Crippen molar-refractivity contribution in [2.24, 2.45) is 0 Å². The van der Waals surface area contributed by atoms with Crippen LogP contribution in [-0.2, 0) is 22.6 Å². The SMILES string of the molecule is CCn1c(CC(=O)Nc2ccccc2C)nnc1SCC(=O)Nc1cc(Cl)ccc1C. The normalized spacial score (nSPS) is 10.7. The van der Waals surface area contributed by atoms with Crippen LogP contribution in [0.1, 0.15) is 23.9 Å². The van der Waals surface area contributed by atoms with Gasteiger partial charge < -0.3 is 15.2 Å². The molecule has 0 saturated carbocycles. The van der Waals surface area contributed by atoms with E-state index in [0.717, 1.165) is 16.8 Å². The summed E-state index contributed by atoms with van der Waals surface area (Å²) in [6, 6.07) is 13.0. The first-order chi connectivity index (χ1) is 14.9. The summed E-state index contributed by atoms with van der Waals surface area (Å²) < 4.78 is 1.85. The van der Waals surface area contributed by atoms with E-state index in [1.165, 1.54) is 11.8 Å². The molecular weight excluding hydrogens is 434 g/mol. The maximum Gasteiger partial charge on any atom is 0.234 e. The van der Waals surface area contributed by atoms with Crippen LogP contribution in [0.25, 0.3) is 0 Å². The second-order valence-electron chi connectivity index (χ2n) is 6.98. The summed E-state index contributed by atoms with van der Waals surface area (Å²) in [5.74, 6) is 0.392. The highest BCUT2D eigenvalue weighted by molar-refractivity contribution is 7.99. The molecule has 2 N–H and O–H groups in total. The van der Waals surface area contributed by atoms with Crippen molar-refractivity contribution < 1.29 is 9.59 Å². The molecule has 2 amide bonds. The number of halogens is 1. The van der Waals surface area contributed by atoms with Crippen LogP contribution in [0.3, 0.4) is 0 Å². The Morgan fingerprint density at radius 2 is 1.71 bits per heavy atom. The van der Waals surface area contributed by atoms with Crippen LogP contribution in [0.15, 0.2) is 47.6 Å². The molecule has 0 bridgehead atoms. The van der Waals surface area contributed by atoms with E-state index in [1.807, 2.05) is 55.7 Å². The fraction of sp³-hybridized carbons (Fsp3) is 0.273. The van der Waals surface area contributed by atoms with Crippen molar-refractivity contribution in [3.8, 4) is 0 Å². The van der Waals surface area contributed by atoms with Gasteiger partial charge in [-0.2, -0.15) is 0 Å². The molecule has 3 aromatic rings. The van der Waals surface area contributed by atoms with Crippen LogP contribution >= 0.6 is 23.4 Å². The van der Waals surface area contributed by atoms with Gasteiger partial charge in [0.25, 0.3) is 0 Å². The summed E-state index contributed by atoms with van der Waals surface area (Å²) in [7, 11) is 0. The first kappa shape index (κ1) is 22.8. The van der Waals surface area contributed by atoms with Crippen molar-refractivity contribution in [3.05, 3.63) is 64.4 Å². The monoisotopic (exact) mass is 457 g/mol. The Hall–Kier alpha value is -2.84. The van der Waals surface area contributed by atoms with Crippen molar-refractivity contribution in [2.75, 3.05) is 16.4 Å². The summed E-state index contributed by atoms with van der Waals surface area (Å²) in [5, 5.41) is 15.3. The largest absolute Gasteiger partial charge is 0.325 e. The number of anilines is 2. The highest BCUT2D eigenvalue weighted by Crippen LogP contribution is 2.22. The fourth-order valence-corrected chi connectivity index (χ4v) is 3.96. The molecule has 0 saturated heterocycles. The van der Waals surface area contributed by atoms with Crippen molar-refractivity contribution in [1.29, 1.82) is 0 Å². The molecule has 9 heteroatoms. The molecule has 0 radical (unpaired) electrons. The molecule has 0 unspecified atom stereocenters. The third-order valence-electron chi connectivity index (χ3n) is 4.65. The molecule has 7 nitrogen and oxygen atoms in total. The summed E-state index contributed by atoms with van der Waals surface area (Å²) >= 11 is 7.28. The van der Waals surface area contributed by atoms with Crippen molar-refractivity contribution in [2.45, 2.75) is 38.9 Å². The number of para-hydroxylation sites is 1. The minimum Gasteiger partial charge on any atom is -0.325 e. The molecule has 162 valence electrons. The van der Waals surface area contributed by atoms with Gasteiger partial charge in [0.05, 0.1) is 12.2 Å². The Kier molecular flexibility index (Phi) is 7.70. The third-order valence-corrected chi connectivity index (χ3v) is 5.86. The molecule has 0 spiro atoms. The number of hydrogen-bond acceptors (Lipinski definition) is 5. The van der Waals surface area contributed by atoms with E-state index in [2.05, 4.69) is 20.8 Å². The standard InChI is InChI=1S/C22H24ClN5O2S/c1-4-28-19(12-20(29)24-17-8-6-5-7-14(17)2)26-27-22(28)31-13-21(30)25-18-11-16(23)10-9-15(18)3/h5-11H,4,12-13H2,1-3H3,(H,24,29)(H,25,30). The van der Waals surface area contributed by atoms with E-state index in [9.17, 15) is 9.59 Å². The van der Waals surface area contributed by atoms with E-state index < -0.39 is 0 Å². The van der Waals surface area contributed by atoms with E-state index >= 15 is 0 Å². The predicted molar refractivity (Wildman–Crippen MR) is 125 cm³/mol. The molecule has 2 aromatic carbocycles. The molecule has 3 rings (SSSR count). The number of nitrogens with zero attached hydrogens (tertiary/aromatic N) is 3. The van der Waals surface area contributed by atoms with Crippen molar-refractivity contribution >= 4 is 46.6 Å². The molecule has 0 fully saturated rings. The lowest BCUT2D eigenvalue weighted by Crippen LogP contribution is -2.18. The van der Waals surface area contributed by atoms with Crippen LogP contribution < -0.4 is 10.6 Å². The van der Waals surface area contributed by atoms with Gasteiger partial charge in [-0.15, -0.1) is 10.2 Å². The highest BCUT2D eigenvalue weighted by Gasteiger charge is 2.16. The third kappa shape index (κ3) is 6.08. The number of aryl methyl sites for hydroxylation is 2. The van der Waals surface area contributed by atoms with Gasteiger partial charge in [-0.25, -0.2) is 0 Å². The van der Waals surface area contributed by atoms with E-state index in [4.69, 9.17) is 11.6 Å². The highest BCUT2D eigenvalue weighted by atomic mass is 35.5. The Balaban J connectivity index is 1.60. The van der Waals surface area contributed by atoms with Gasteiger partial charge in [0.1, 0.15) is 5.82 Å². The average molecular weight is 458 g/mol. The number of benzene rings is 2. The van der Waals surface area contributed by atoms with Gasteiger partial charge in [-0.3, -0.25) is 9.59 Å². The number of aromatic nitrogens is 3. The number of hydrogen-bond donors (Lipinski definition) is 2. The second kappa shape index (κ2) is 10.5. The zero-order chi connectivity index (χ0) is 22.4. The van der Waals surface area contributed by atoms with Crippen LogP contribution in [0.5, 0.6) is 0 Å². The lowest BCUT2D eigenvalue weighted by atomic mass is 10.2. The predicted octanol–water partition coefficient (Wildman–Crippen LogP) is 4.48. The molecule has 1 heterocycles. The molecule has 0 aliphatic rings. The molecule has 1 aromatic heterocycles. The maximum absolute atomic E-state index is 12.5. The van der Waals surface area contributed by atoms with E-state index in [0.29, 0.717) is 28.2 Å². The number of amides is 2. The van der Waals surface area contributed by atoms with Crippen LogP contribution in [0, 0.1) is 13.8 Å². The van der Waals surface area contributed by atoms with Gasteiger partial charge in [-0.1, -0.05) is 47.6 Å². The number of carbonyl (C=O) groups is 2. The zero-order valence-electron chi connectivity index (χ0n) is 17.6. The van der Waals surface area contributed by atoms with Crippen LogP contribution in [0.4, 0.5) is 11.4 Å². The Morgan fingerprint density at radius 1 is 1.00 bits per heavy atom. The van der Waals surface area contributed by atoms with Gasteiger partial charge in [0.15, 0.2) is 5.16 Å². The molecule has 0 aliphatic heterocycles. The maximum atomic E-state index is 12.5. The van der Waals surface area contributed by atoms with Crippen molar-refractivity contribution in [1.82, 2.24) is 14.8 Å². The smallest absolute Gasteiger partial charge is 0.234 e. The minimum absolute atomic E-state index is 0.101. The average Bonchev–Trinajstić information content (AvgIpc) is 3.12. The summed E-state index contributed by atoms with van der Waals surface area (Å²) in [6.45, 7) is 6.39. The lowest BCUT2D eigenvalue weighted by molar-refractivity contribution is -0.116. The number of carbonyl (C=O) groups excluding carboxylic acids is 2. The van der Waals surface area contributed by atoms with Gasteiger partial charge in [0, 0.05) is 22.9 Å². The Labute approximate surface area is 190 Å². The molecule has 31 heavy (non-hydrogen) atoms. The molecule has 0 aliphatic carbocycles. The topological polar surface area (TPSA) is 88.9 Å². The quantitative estimate of drug-likeness (QED) is 0.487. The summed E-state index contributed by atoms with van der Waals surface area (Å²) in [5.41, 5.74) is 3.38. The first-order valence-corrected chi connectivity index (χ1v) is 11.2. The van der Waals surface area contributed by atoms with E-state index in [-0.39, 0.29) is 24.0 Å². The Bertz CT molecular complexity index is 1100. The second-order valence-corrected chi connectivity index (χ2v) is 8.36. The Morgan fingerprint density at radius 3 is 2.45 bits per heavy atom. The van der Waals surface area contributed by atoms with Crippen molar-refractivity contribution in [3.63, 3.8) is 0 Å². The van der Waals surface area contributed by atoms with Gasteiger partial charge in [-0.05, 0) is 50.1 Å². The number of thioether (sulfide) groups is 1. The van der Waals surface area contributed by atoms with Crippen LogP contribution in [0.2, 0.25) is 5.02 Å². The van der Waals surface area contributed by atoms with Gasteiger partial charge >= 0.3 is 0 Å². The summed E-state index contributed by atoms with van der Waals surface area (Å²) in [4.78, 5) is 24.8. The van der Waals surface area contributed by atoms with Crippen LogP contribution in [-0.4, -0.2) is 32.3 Å². The molecule has 0 atom stereocenters. The van der Waals surface area contributed by atoms with Gasteiger partial charge in [0.2, 0.25) is 11.8 Å². The first-order valence-electron chi connectivity index (χ1n) is 9.83. The van der Waals surface area contributed by atoms with E-state index in [1.54, 1.807) is 12.1 Å². The molecular formula is C22H24ClN5O2S. The minimum atomic E-state index is -0.167.